The van der Waals surface area contributed by atoms with E-state index in [0.717, 1.165) is 16.5 Å². The number of hydrogen-bond donors (Lipinski definition) is 2. The van der Waals surface area contributed by atoms with E-state index in [4.69, 9.17) is 9.15 Å². The van der Waals surface area contributed by atoms with Crippen molar-refractivity contribution in [2.24, 2.45) is 0 Å². The van der Waals surface area contributed by atoms with E-state index < -0.39 is 0 Å². The Morgan fingerprint density at radius 3 is 2.73 bits per heavy atom. The molecule has 7 heteroatoms. The third-order valence-corrected chi connectivity index (χ3v) is 4.24. The average molecular weight is 323 g/mol. The van der Waals surface area contributed by atoms with Crippen molar-refractivity contribution < 1.29 is 13.9 Å². The summed E-state index contributed by atoms with van der Waals surface area (Å²) in [5.74, 6) is 1.47. The van der Waals surface area contributed by atoms with Crippen molar-refractivity contribution in [3.8, 4) is 0 Å². The maximum Gasteiger partial charge on any atom is 0.316 e. The monoisotopic (exact) mass is 323 g/mol. The first-order valence-electron chi connectivity index (χ1n) is 7.04. The first kappa shape index (κ1) is 16.5. The zero-order valence-corrected chi connectivity index (χ0v) is 14.0. The Hall–Kier alpha value is -1.86. The molecule has 0 radical (unpaired) electrons. The van der Waals surface area contributed by atoms with Gasteiger partial charge in [0.2, 0.25) is 0 Å². The molecule has 6 nitrogen and oxygen atoms in total. The fourth-order valence-electron chi connectivity index (χ4n) is 2.03. The van der Waals surface area contributed by atoms with E-state index in [2.05, 4.69) is 15.6 Å². The number of carbonyl (C=O) groups is 1. The summed E-state index contributed by atoms with van der Waals surface area (Å²) in [6, 6.07) is 2.94. The van der Waals surface area contributed by atoms with Crippen LogP contribution in [0.5, 0.6) is 0 Å². The number of hydrogen-bond acceptors (Lipinski definition) is 5. The zero-order chi connectivity index (χ0) is 16.1. The number of aryl methyl sites for hydroxylation is 2. The van der Waals surface area contributed by atoms with Gasteiger partial charge in [-0.1, -0.05) is 0 Å². The van der Waals surface area contributed by atoms with Crippen LogP contribution < -0.4 is 10.6 Å². The first-order valence-corrected chi connectivity index (χ1v) is 7.92. The number of aromatic nitrogens is 1. The van der Waals surface area contributed by atoms with Crippen LogP contribution in [0.3, 0.4) is 0 Å². The van der Waals surface area contributed by atoms with Crippen molar-refractivity contribution in [3.05, 3.63) is 39.7 Å². The highest BCUT2D eigenvalue weighted by Crippen LogP contribution is 2.19. The highest BCUT2D eigenvalue weighted by atomic mass is 32.1. The molecule has 2 N–H and O–H groups in total. The van der Waals surface area contributed by atoms with E-state index in [1.165, 1.54) is 11.3 Å². The SMILES string of the molecule is COC[C@@H](NC(=O)N[C@@H](C)c1nc(C)cs1)c1ccc(C)o1. The topological polar surface area (TPSA) is 76.4 Å². The molecule has 0 spiro atoms. The maximum atomic E-state index is 12.2. The molecule has 0 unspecified atom stereocenters. The number of rotatable bonds is 6. The van der Waals surface area contributed by atoms with Crippen molar-refractivity contribution >= 4 is 17.4 Å². The van der Waals surface area contributed by atoms with Gasteiger partial charge < -0.3 is 19.8 Å². The summed E-state index contributed by atoms with van der Waals surface area (Å²) >= 11 is 1.53. The summed E-state index contributed by atoms with van der Waals surface area (Å²) in [5, 5.41) is 8.58. The summed E-state index contributed by atoms with van der Waals surface area (Å²) in [6.45, 7) is 6.03. The van der Waals surface area contributed by atoms with Gasteiger partial charge in [-0.05, 0) is 32.9 Å². The molecule has 0 saturated carbocycles. The molecule has 0 aliphatic heterocycles. The van der Waals surface area contributed by atoms with E-state index in [9.17, 15) is 4.79 Å². The van der Waals surface area contributed by atoms with Crippen LogP contribution in [0.15, 0.2) is 21.9 Å². The minimum Gasteiger partial charge on any atom is -0.464 e. The highest BCUT2D eigenvalue weighted by molar-refractivity contribution is 7.09. The van der Waals surface area contributed by atoms with Gasteiger partial charge in [0.1, 0.15) is 22.6 Å². The second-order valence-electron chi connectivity index (χ2n) is 5.12. The molecule has 120 valence electrons. The second-order valence-corrected chi connectivity index (χ2v) is 6.01. The number of nitrogens with zero attached hydrogens (tertiary/aromatic N) is 1. The van der Waals surface area contributed by atoms with Gasteiger partial charge in [-0.2, -0.15) is 0 Å². The number of nitrogens with one attached hydrogen (secondary N) is 2. The van der Waals surface area contributed by atoms with Gasteiger partial charge in [0, 0.05) is 18.2 Å². The molecule has 0 aliphatic rings. The molecule has 2 amide bonds. The predicted molar refractivity (Wildman–Crippen MR) is 85.0 cm³/mol. The van der Waals surface area contributed by atoms with Crippen molar-refractivity contribution in [1.82, 2.24) is 15.6 Å². The lowest BCUT2D eigenvalue weighted by molar-refractivity contribution is 0.156. The Morgan fingerprint density at radius 2 is 2.18 bits per heavy atom. The standard InChI is InChI=1S/C15H21N3O3S/c1-9-8-22-14(16-9)11(3)17-15(19)18-12(7-20-4)13-6-5-10(2)21-13/h5-6,8,11-12H,7H2,1-4H3,(H2,17,18,19)/t11-,12+/m0/s1. The van der Waals surface area contributed by atoms with Gasteiger partial charge >= 0.3 is 6.03 Å². The maximum absolute atomic E-state index is 12.2. The Bertz CT molecular complexity index is 623. The van der Waals surface area contributed by atoms with E-state index >= 15 is 0 Å². The van der Waals surface area contributed by atoms with Gasteiger partial charge in [-0.25, -0.2) is 9.78 Å². The van der Waals surface area contributed by atoms with Gasteiger partial charge in [0.05, 0.1) is 12.6 Å². The van der Waals surface area contributed by atoms with Crippen molar-refractivity contribution in [2.45, 2.75) is 32.9 Å². The van der Waals surface area contributed by atoms with Crippen LogP contribution in [-0.4, -0.2) is 24.7 Å². The van der Waals surface area contributed by atoms with Crippen LogP contribution in [0.2, 0.25) is 0 Å². The van der Waals surface area contributed by atoms with Crippen molar-refractivity contribution in [1.29, 1.82) is 0 Å². The van der Waals surface area contributed by atoms with Gasteiger partial charge in [-0.3, -0.25) is 0 Å². The normalized spacial score (nSPS) is 13.6. The summed E-state index contributed by atoms with van der Waals surface area (Å²) < 4.78 is 10.7. The third kappa shape index (κ3) is 4.32. The minimum absolute atomic E-state index is 0.153. The fourth-order valence-corrected chi connectivity index (χ4v) is 2.84. The van der Waals surface area contributed by atoms with Crippen LogP contribution in [-0.2, 0) is 4.74 Å². The van der Waals surface area contributed by atoms with E-state index in [-0.39, 0.29) is 18.1 Å². The predicted octanol–water partition coefficient (Wildman–Crippen LogP) is 3.10. The lowest BCUT2D eigenvalue weighted by atomic mass is 10.2. The molecular weight excluding hydrogens is 302 g/mol. The molecule has 0 bridgehead atoms. The molecule has 2 atom stereocenters. The smallest absolute Gasteiger partial charge is 0.316 e. The summed E-state index contributed by atoms with van der Waals surface area (Å²) in [6.07, 6.45) is 0. The summed E-state index contributed by atoms with van der Waals surface area (Å²) in [5.41, 5.74) is 0.956. The highest BCUT2D eigenvalue weighted by Gasteiger charge is 2.19. The fraction of sp³-hybridized carbons (Fsp3) is 0.467. The summed E-state index contributed by atoms with van der Waals surface area (Å²) in [7, 11) is 1.59. The van der Waals surface area contributed by atoms with Crippen molar-refractivity contribution in [2.75, 3.05) is 13.7 Å². The molecule has 0 aromatic carbocycles. The first-order chi connectivity index (χ1) is 10.5. The molecule has 2 aromatic rings. The van der Waals surface area contributed by atoms with E-state index in [0.29, 0.717) is 12.4 Å². The second kappa shape index (κ2) is 7.42. The van der Waals surface area contributed by atoms with Crippen molar-refractivity contribution in [3.63, 3.8) is 0 Å². The number of furan rings is 1. The number of urea groups is 1. The van der Waals surface area contributed by atoms with Crippen LogP contribution >= 0.6 is 11.3 Å². The van der Waals surface area contributed by atoms with Crippen LogP contribution in [0.4, 0.5) is 4.79 Å². The number of thiazole rings is 1. The lowest BCUT2D eigenvalue weighted by Crippen LogP contribution is -2.40. The Kier molecular flexibility index (Phi) is 5.57. The zero-order valence-electron chi connectivity index (χ0n) is 13.2. The van der Waals surface area contributed by atoms with Crippen LogP contribution in [0.1, 0.15) is 41.2 Å². The van der Waals surface area contributed by atoms with Gasteiger partial charge in [0.15, 0.2) is 0 Å². The Balaban J connectivity index is 1.96. The summed E-state index contributed by atoms with van der Waals surface area (Å²) in [4.78, 5) is 16.5. The van der Waals surface area contributed by atoms with E-state index in [1.54, 1.807) is 7.11 Å². The molecule has 2 rings (SSSR count). The average Bonchev–Trinajstić information content (AvgIpc) is 3.07. The molecular formula is C15H21N3O3S. The Morgan fingerprint density at radius 1 is 1.41 bits per heavy atom. The van der Waals surface area contributed by atoms with E-state index in [1.807, 2.05) is 38.3 Å². The number of amides is 2. The lowest BCUT2D eigenvalue weighted by Gasteiger charge is -2.18. The van der Waals surface area contributed by atoms with Crippen LogP contribution in [0, 0.1) is 13.8 Å². The molecule has 0 saturated heterocycles. The third-order valence-electron chi connectivity index (χ3n) is 3.10. The number of methoxy groups -OCH3 is 1. The van der Waals surface area contributed by atoms with Gasteiger partial charge in [-0.15, -0.1) is 11.3 Å². The molecule has 2 heterocycles. The molecule has 2 aromatic heterocycles. The number of carbonyl (C=O) groups excluding carboxylic acids is 1. The largest absolute Gasteiger partial charge is 0.464 e. The minimum atomic E-state index is -0.330. The van der Waals surface area contributed by atoms with Crippen LogP contribution in [0.25, 0.3) is 0 Å². The van der Waals surface area contributed by atoms with Gasteiger partial charge in [0.25, 0.3) is 0 Å². The molecule has 22 heavy (non-hydrogen) atoms. The quantitative estimate of drug-likeness (QED) is 0.856. The molecule has 0 fully saturated rings. The Labute approximate surface area is 133 Å². The number of ether oxygens (including phenoxy) is 1. The molecule has 0 aliphatic carbocycles.